The van der Waals surface area contributed by atoms with Gasteiger partial charge < -0.3 is 25.1 Å². The number of rotatable bonds is 5. The molecule has 0 saturated carbocycles. The molecule has 3 N–H and O–H groups in total. The van der Waals surface area contributed by atoms with Crippen molar-refractivity contribution in [2.75, 3.05) is 37.8 Å². The highest BCUT2D eigenvalue weighted by atomic mass is 16.4. The van der Waals surface area contributed by atoms with E-state index in [9.17, 15) is 4.79 Å². The molecule has 0 bridgehead atoms. The normalized spacial score (nSPS) is 10.7. The summed E-state index contributed by atoms with van der Waals surface area (Å²) in [7, 11) is 3.51. The molecule has 2 rings (SSSR count). The first-order valence-electron chi connectivity index (χ1n) is 6.41. The van der Waals surface area contributed by atoms with E-state index in [0.29, 0.717) is 12.2 Å². The lowest BCUT2D eigenvalue weighted by Gasteiger charge is -2.21. The van der Waals surface area contributed by atoms with Gasteiger partial charge in [-0.15, -0.1) is 0 Å². The Labute approximate surface area is 117 Å². The molecular weight excluding hydrogens is 258 g/mol. The lowest BCUT2D eigenvalue weighted by Crippen LogP contribution is -2.29. The van der Waals surface area contributed by atoms with Crippen LogP contribution in [0.15, 0.2) is 28.9 Å². The van der Waals surface area contributed by atoms with Gasteiger partial charge in [0.25, 0.3) is 0 Å². The summed E-state index contributed by atoms with van der Waals surface area (Å²) in [5.74, 6) is 0. The second kappa shape index (κ2) is 5.73. The van der Waals surface area contributed by atoms with Gasteiger partial charge in [-0.25, -0.2) is 4.79 Å². The maximum atomic E-state index is 10.7. The summed E-state index contributed by atoms with van der Waals surface area (Å²) >= 11 is 0. The Kier molecular flexibility index (Phi) is 4.02. The Morgan fingerprint density at radius 2 is 2.10 bits per heavy atom. The van der Waals surface area contributed by atoms with E-state index in [1.807, 2.05) is 30.1 Å². The molecule has 0 aliphatic rings. The van der Waals surface area contributed by atoms with Gasteiger partial charge in [0, 0.05) is 38.3 Å². The fourth-order valence-electron chi connectivity index (χ4n) is 2.13. The number of anilines is 2. The average Bonchev–Trinajstić information content (AvgIpc) is 2.85. The molecule has 1 heterocycles. The highest BCUT2D eigenvalue weighted by molar-refractivity contribution is 5.92. The van der Waals surface area contributed by atoms with E-state index >= 15 is 0 Å². The summed E-state index contributed by atoms with van der Waals surface area (Å²) in [5.41, 5.74) is 8.29. The number of fused-ring (bicyclic) bond motifs is 1. The van der Waals surface area contributed by atoms with Crippen molar-refractivity contribution in [2.45, 2.75) is 6.42 Å². The van der Waals surface area contributed by atoms with Crippen LogP contribution in [0.2, 0.25) is 0 Å². The predicted molar refractivity (Wildman–Crippen MR) is 79.2 cm³/mol. The van der Waals surface area contributed by atoms with Gasteiger partial charge >= 0.3 is 6.09 Å². The molecule has 1 aromatic carbocycles. The van der Waals surface area contributed by atoms with Crippen molar-refractivity contribution in [2.24, 2.45) is 0 Å². The topological polar surface area (TPSA) is 82.9 Å². The van der Waals surface area contributed by atoms with Crippen molar-refractivity contribution in [3.8, 4) is 0 Å². The Morgan fingerprint density at radius 1 is 1.35 bits per heavy atom. The molecule has 1 aromatic heterocycles. The van der Waals surface area contributed by atoms with Gasteiger partial charge in [0.15, 0.2) is 5.58 Å². The molecule has 6 nitrogen and oxygen atoms in total. The largest absolute Gasteiger partial charge is 0.465 e. The highest BCUT2D eigenvalue weighted by Gasteiger charge is 2.11. The van der Waals surface area contributed by atoms with Gasteiger partial charge in [-0.3, -0.25) is 0 Å². The van der Waals surface area contributed by atoms with Gasteiger partial charge in [0.2, 0.25) is 0 Å². The molecule has 0 aliphatic carbocycles. The zero-order valence-electron chi connectivity index (χ0n) is 11.7. The first kappa shape index (κ1) is 14.0. The van der Waals surface area contributed by atoms with Crippen molar-refractivity contribution in [1.82, 2.24) is 4.90 Å². The van der Waals surface area contributed by atoms with Crippen LogP contribution in [-0.4, -0.2) is 43.3 Å². The number of carbonyl (C=O) groups is 1. The molecular formula is C14H19N3O3. The molecule has 108 valence electrons. The molecule has 6 heteroatoms. The SMILES string of the molecule is CN(CCCN(C)c1cc(N)cc2ccoc12)C(=O)O. The number of nitrogens with zero attached hydrogens (tertiary/aromatic N) is 2. The Hall–Kier alpha value is -2.37. The van der Waals surface area contributed by atoms with Crippen LogP contribution in [0, 0.1) is 0 Å². The minimum atomic E-state index is -0.912. The summed E-state index contributed by atoms with van der Waals surface area (Å²) in [6, 6.07) is 5.61. The number of carboxylic acid groups (broad SMARTS) is 1. The molecule has 0 saturated heterocycles. The zero-order valence-corrected chi connectivity index (χ0v) is 11.7. The monoisotopic (exact) mass is 277 g/mol. The lowest BCUT2D eigenvalue weighted by molar-refractivity contribution is 0.155. The first-order valence-corrected chi connectivity index (χ1v) is 6.41. The van der Waals surface area contributed by atoms with Gasteiger partial charge in [-0.1, -0.05) is 0 Å². The van der Waals surface area contributed by atoms with Crippen LogP contribution < -0.4 is 10.6 Å². The van der Waals surface area contributed by atoms with E-state index in [2.05, 4.69) is 0 Å². The number of benzene rings is 1. The fourth-order valence-corrected chi connectivity index (χ4v) is 2.13. The van der Waals surface area contributed by atoms with Crippen LogP contribution in [0.4, 0.5) is 16.2 Å². The van der Waals surface area contributed by atoms with E-state index in [0.717, 1.165) is 29.6 Å². The van der Waals surface area contributed by atoms with E-state index in [1.54, 1.807) is 13.3 Å². The van der Waals surface area contributed by atoms with Crippen LogP contribution in [-0.2, 0) is 0 Å². The Morgan fingerprint density at radius 3 is 2.80 bits per heavy atom. The molecule has 0 spiro atoms. The van der Waals surface area contributed by atoms with E-state index in [1.165, 1.54) is 4.90 Å². The molecule has 20 heavy (non-hydrogen) atoms. The second-order valence-corrected chi connectivity index (χ2v) is 4.86. The van der Waals surface area contributed by atoms with Crippen LogP contribution >= 0.6 is 0 Å². The lowest BCUT2D eigenvalue weighted by atomic mass is 10.2. The fraction of sp³-hybridized carbons (Fsp3) is 0.357. The summed E-state index contributed by atoms with van der Waals surface area (Å²) in [6.07, 6.45) is 1.46. The number of hydrogen-bond acceptors (Lipinski definition) is 4. The van der Waals surface area contributed by atoms with Crippen molar-refractivity contribution < 1.29 is 14.3 Å². The highest BCUT2D eigenvalue weighted by Crippen LogP contribution is 2.30. The molecule has 0 fully saturated rings. The van der Waals surface area contributed by atoms with Gasteiger partial charge in [0.05, 0.1) is 12.0 Å². The second-order valence-electron chi connectivity index (χ2n) is 4.86. The minimum Gasteiger partial charge on any atom is -0.465 e. The maximum Gasteiger partial charge on any atom is 0.407 e. The van der Waals surface area contributed by atoms with Gasteiger partial charge in [-0.2, -0.15) is 0 Å². The molecule has 1 amide bonds. The zero-order chi connectivity index (χ0) is 14.7. The minimum absolute atomic E-state index is 0.489. The number of furan rings is 1. The Balaban J connectivity index is 2.06. The third kappa shape index (κ3) is 2.96. The van der Waals surface area contributed by atoms with Gasteiger partial charge in [-0.05, 0) is 24.6 Å². The summed E-state index contributed by atoms with van der Waals surface area (Å²) in [6.45, 7) is 1.21. The summed E-state index contributed by atoms with van der Waals surface area (Å²) < 4.78 is 5.49. The molecule has 0 radical (unpaired) electrons. The summed E-state index contributed by atoms with van der Waals surface area (Å²) in [4.78, 5) is 14.0. The third-order valence-corrected chi connectivity index (χ3v) is 3.28. The smallest absolute Gasteiger partial charge is 0.407 e. The van der Waals surface area contributed by atoms with Crippen LogP contribution in [0.3, 0.4) is 0 Å². The standard InChI is InChI=1S/C14H19N3O3/c1-16(5-3-6-17(2)14(18)19)12-9-11(15)8-10-4-7-20-13(10)12/h4,7-9H,3,5-6,15H2,1-2H3,(H,18,19). The third-order valence-electron chi connectivity index (χ3n) is 3.28. The molecule has 2 aromatic rings. The van der Waals surface area contributed by atoms with Crippen LogP contribution in [0.1, 0.15) is 6.42 Å². The number of hydrogen-bond donors (Lipinski definition) is 2. The number of amides is 1. The predicted octanol–water partition coefficient (Wildman–Crippen LogP) is 2.45. The average molecular weight is 277 g/mol. The summed E-state index contributed by atoms with van der Waals surface area (Å²) in [5, 5.41) is 9.76. The van der Waals surface area contributed by atoms with E-state index in [-0.39, 0.29) is 0 Å². The van der Waals surface area contributed by atoms with E-state index in [4.69, 9.17) is 15.3 Å². The Bertz CT molecular complexity index is 609. The van der Waals surface area contributed by atoms with E-state index < -0.39 is 6.09 Å². The number of nitrogens with two attached hydrogens (primary N) is 1. The molecule has 0 atom stereocenters. The maximum absolute atomic E-state index is 10.7. The van der Waals surface area contributed by atoms with Crippen molar-refractivity contribution in [3.63, 3.8) is 0 Å². The molecule has 0 aliphatic heterocycles. The van der Waals surface area contributed by atoms with Gasteiger partial charge in [0.1, 0.15) is 0 Å². The number of nitrogen functional groups attached to an aromatic ring is 1. The molecule has 0 unspecified atom stereocenters. The van der Waals surface area contributed by atoms with Crippen molar-refractivity contribution in [3.05, 3.63) is 24.5 Å². The first-order chi connectivity index (χ1) is 9.49. The van der Waals surface area contributed by atoms with Crippen LogP contribution in [0.5, 0.6) is 0 Å². The van der Waals surface area contributed by atoms with Crippen LogP contribution in [0.25, 0.3) is 11.0 Å². The van der Waals surface area contributed by atoms with Crippen molar-refractivity contribution in [1.29, 1.82) is 0 Å². The van der Waals surface area contributed by atoms with Crippen molar-refractivity contribution >= 4 is 28.4 Å². The quantitative estimate of drug-likeness (QED) is 0.820.